The van der Waals surface area contributed by atoms with Gasteiger partial charge in [0.2, 0.25) is 0 Å². The van der Waals surface area contributed by atoms with Crippen molar-refractivity contribution in [2.75, 3.05) is 26.7 Å². The van der Waals surface area contributed by atoms with Gasteiger partial charge in [0.15, 0.2) is 36.4 Å². The number of nitrogens with zero attached hydrogens (tertiary/aromatic N) is 4. The summed E-state index contributed by atoms with van der Waals surface area (Å²) in [6.07, 6.45) is -11.4. The first-order chi connectivity index (χ1) is 32.1. The number of aldehydes is 1. The second-order valence-electron chi connectivity index (χ2n) is 14.8. The van der Waals surface area contributed by atoms with Gasteiger partial charge >= 0.3 is 11.9 Å². The lowest BCUT2D eigenvalue weighted by Gasteiger charge is -2.45. The van der Waals surface area contributed by atoms with E-state index in [0.29, 0.717) is 11.1 Å². The molecular weight excluding hydrogens is 914 g/mol. The van der Waals surface area contributed by atoms with Crippen LogP contribution in [-0.2, 0) is 33.3 Å². The van der Waals surface area contributed by atoms with E-state index in [0.717, 1.165) is 0 Å². The molecule has 1 aliphatic carbocycles. The minimum atomic E-state index is -2.38. The number of guanidine groups is 2. The number of rotatable bonds is 17. The first-order valence-electron chi connectivity index (χ1n) is 20.1. The number of carboxylic acid groups (broad SMARTS) is 2. The molecule has 2 saturated heterocycles. The summed E-state index contributed by atoms with van der Waals surface area (Å²) in [6, 6.07) is 2.02. The molecule has 31 nitrogen and oxygen atoms in total. The van der Waals surface area contributed by atoms with Crippen LogP contribution < -0.4 is 50.0 Å². The maximum Gasteiger partial charge on any atom is 0.319 e. The number of carboxylic acids is 2. The van der Waals surface area contributed by atoms with E-state index in [1.165, 1.54) is 63.0 Å². The van der Waals surface area contributed by atoms with Gasteiger partial charge in [-0.3, -0.25) is 44.8 Å². The number of nitrogens with two attached hydrogens (primary N) is 4. The molecule has 2 aromatic rings. The lowest BCUT2D eigenvalue weighted by Crippen LogP contribution is -2.66. The number of carbonyl (C=O) groups excluding carboxylic acids is 3. The number of amides is 2. The Bertz CT molecular complexity index is 1940. The minimum absolute atomic E-state index is 0.140. The van der Waals surface area contributed by atoms with E-state index in [9.17, 15) is 59.7 Å². The highest BCUT2D eigenvalue weighted by Crippen LogP contribution is 2.38. The average molecular weight is 972 g/mol. The van der Waals surface area contributed by atoms with Gasteiger partial charge in [-0.25, -0.2) is 20.8 Å². The topological polar surface area (TPSA) is 519 Å². The number of nitrogens with one attached hydrogen (secondary N) is 5. The fourth-order valence-corrected chi connectivity index (χ4v) is 6.63. The van der Waals surface area contributed by atoms with Crippen LogP contribution in [0.1, 0.15) is 27.6 Å². The number of aliphatic hydroxyl groups excluding tert-OH is 6. The Kier molecular flexibility index (Phi) is 21.8. The van der Waals surface area contributed by atoms with Gasteiger partial charge in [-0.15, -0.1) is 0 Å². The molecule has 0 unspecified atom stereocenters. The number of aliphatic imine (C=N–C) groups is 2. The molecule has 378 valence electrons. The number of hydrazine groups is 2. The third-order valence-corrected chi connectivity index (χ3v) is 10.1. The molecule has 68 heavy (non-hydrogen) atoms. The second-order valence-corrected chi connectivity index (χ2v) is 14.8. The number of hydrogen-bond donors (Lipinski definition) is 18. The number of aliphatic carboxylic acids is 2. The molecule has 4 heterocycles. The third kappa shape index (κ3) is 15.2. The Balaban J connectivity index is 0.000000353. The van der Waals surface area contributed by atoms with Crippen LogP contribution in [0.25, 0.3) is 0 Å². The van der Waals surface area contributed by atoms with E-state index in [4.69, 9.17) is 52.1 Å². The van der Waals surface area contributed by atoms with E-state index in [2.05, 4.69) is 47.0 Å². The predicted octanol–water partition coefficient (Wildman–Crippen LogP) is -9.36. The van der Waals surface area contributed by atoms with Gasteiger partial charge in [0, 0.05) is 35.9 Å². The van der Waals surface area contributed by atoms with Gasteiger partial charge in [0.05, 0.1) is 18.8 Å². The first kappa shape index (κ1) is 56.2. The van der Waals surface area contributed by atoms with Crippen molar-refractivity contribution in [1.82, 2.24) is 37.0 Å². The zero-order chi connectivity index (χ0) is 50.9. The van der Waals surface area contributed by atoms with Crippen molar-refractivity contribution in [1.29, 1.82) is 0 Å². The van der Waals surface area contributed by atoms with E-state index in [1.54, 1.807) is 0 Å². The van der Waals surface area contributed by atoms with Crippen LogP contribution in [0.4, 0.5) is 0 Å². The maximum atomic E-state index is 12.1. The fraction of sp³-hybridized carbons (Fsp3) is 0.541. The number of hydrogen-bond acceptors (Lipinski definition) is 23. The summed E-state index contributed by atoms with van der Waals surface area (Å²) in [6.45, 7) is -0.0252. The van der Waals surface area contributed by atoms with Crippen molar-refractivity contribution in [2.24, 2.45) is 32.9 Å². The van der Waals surface area contributed by atoms with Gasteiger partial charge in [0.25, 0.3) is 11.8 Å². The Morgan fingerprint density at radius 1 is 0.735 bits per heavy atom. The highest BCUT2D eigenvalue weighted by atomic mass is 16.8. The number of likely N-dealkylation sites (N-methyl/N-ethyl adjacent to an activating group) is 1. The summed E-state index contributed by atoms with van der Waals surface area (Å²) in [5.74, 6) is -3.91. The Morgan fingerprint density at radius 2 is 1.22 bits per heavy atom. The Labute approximate surface area is 385 Å². The number of ether oxygens (including phenoxy) is 4. The molecule has 0 bridgehead atoms. The Morgan fingerprint density at radius 3 is 1.65 bits per heavy atom. The molecule has 0 radical (unpaired) electrons. The smallest absolute Gasteiger partial charge is 0.319 e. The monoisotopic (exact) mass is 971 g/mol. The highest BCUT2D eigenvalue weighted by molar-refractivity contribution is 5.94. The summed E-state index contributed by atoms with van der Waals surface area (Å²) in [4.78, 5) is 69.8. The van der Waals surface area contributed by atoms with Gasteiger partial charge < -0.3 is 93.2 Å². The first-order valence-corrected chi connectivity index (χ1v) is 20.1. The molecule has 2 aliphatic heterocycles. The molecule has 2 aromatic heterocycles. The summed E-state index contributed by atoms with van der Waals surface area (Å²) in [7, 11) is 1.42. The maximum absolute atomic E-state index is 12.1. The fourth-order valence-electron chi connectivity index (χ4n) is 6.63. The lowest BCUT2D eigenvalue weighted by molar-refractivity contribution is -0.314. The molecule has 5 rings (SSSR count). The van der Waals surface area contributed by atoms with E-state index in [1.807, 2.05) is 0 Å². The second kappa shape index (κ2) is 26.4. The van der Waals surface area contributed by atoms with Crippen LogP contribution >= 0.6 is 0 Å². The third-order valence-electron chi connectivity index (χ3n) is 10.1. The molecular formula is C37H57N13O18. The molecule has 3 aliphatic rings. The lowest BCUT2D eigenvalue weighted by atomic mass is 9.81. The van der Waals surface area contributed by atoms with Crippen molar-refractivity contribution >= 4 is 42.0 Å². The molecule has 15 atom stereocenters. The van der Waals surface area contributed by atoms with Crippen molar-refractivity contribution in [3.8, 4) is 0 Å². The zero-order valence-electron chi connectivity index (χ0n) is 36.2. The molecule has 2 amide bonds. The van der Waals surface area contributed by atoms with E-state index in [-0.39, 0.29) is 19.4 Å². The molecule has 22 N–H and O–H groups in total. The SMILES string of the molecule is CN[C@@H]1[C@H](O[C@H]2[C@H](O[C@H]3[C@H](O)[C@@H](O)[C@H](N=C(N)N)[C@@H](O)[C@@H]3N=C(N)N)O[C@@H](C)[C@]2(O)C=O)O[C@@H](CO)[C@H](O)[C@H]1O.O=C(O)CNNC(=O)c1ccncc1.O=C(O)CNNC(=O)c1ccncc1. The molecule has 0 aromatic carbocycles. The molecule has 31 heteroatoms. The van der Waals surface area contributed by atoms with Crippen molar-refractivity contribution in [3.05, 3.63) is 60.2 Å². The van der Waals surface area contributed by atoms with Crippen molar-refractivity contribution in [2.45, 2.75) is 98.2 Å². The molecule has 1 saturated carbocycles. The van der Waals surface area contributed by atoms with Gasteiger partial charge in [0.1, 0.15) is 74.0 Å². The summed E-state index contributed by atoms with van der Waals surface area (Å²) >= 11 is 0. The number of pyridine rings is 2. The summed E-state index contributed by atoms with van der Waals surface area (Å²) in [5, 5.41) is 93.2. The van der Waals surface area contributed by atoms with Crippen LogP contribution in [0.2, 0.25) is 0 Å². The Hall–Kier alpha value is -6.17. The van der Waals surface area contributed by atoms with Crippen molar-refractivity contribution in [3.63, 3.8) is 0 Å². The number of carbonyl (C=O) groups is 5. The normalized spacial score (nSPS) is 31.8. The molecule has 3 fully saturated rings. The van der Waals surface area contributed by atoms with Gasteiger partial charge in [-0.05, 0) is 38.2 Å². The van der Waals surface area contributed by atoms with E-state index >= 15 is 0 Å². The van der Waals surface area contributed by atoms with Crippen LogP contribution in [0, 0.1) is 0 Å². The average Bonchev–Trinajstić information content (AvgIpc) is 3.54. The largest absolute Gasteiger partial charge is 0.480 e. The highest BCUT2D eigenvalue weighted by Gasteiger charge is 2.61. The van der Waals surface area contributed by atoms with Gasteiger partial charge in [-0.1, -0.05) is 0 Å². The number of aliphatic hydroxyl groups is 7. The quantitative estimate of drug-likeness (QED) is 0.0303. The van der Waals surface area contributed by atoms with Crippen LogP contribution in [-0.4, -0.2) is 216 Å². The van der Waals surface area contributed by atoms with Gasteiger partial charge in [-0.2, -0.15) is 0 Å². The predicted molar refractivity (Wildman–Crippen MR) is 228 cm³/mol. The zero-order valence-corrected chi connectivity index (χ0v) is 36.2. The summed E-state index contributed by atoms with van der Waals surface area (Å²) in [5.41, 5.74) is 29.2. The van der Waals surface area contributed by atoms with Crippen LogP contribution in [0.5, 0.6) is 0 Å². The number of aromatic nitrogens is 2. The van der Waals surface area contributed by atoms with E-state index < -0.39 is 134 Å². The van der Waals surface area contributed by atoms with Crippen LogP contribution in [0.15, 0.2) is 59.0 Å². The van der Waals surface area contributed by atoms with Crippen LogP contribution in [0.3, 0.4) is 0 Å². The van der Waals surface area contributed by atoms with Crippen molar-refractivity contribution < 1.29 is 88.9 Å². The minimum Gasteiger partial charge on any atom is -0.480 e. The molecule has 0 spiro atoms. The summed E-state index contributed by atoms with van der Waals surface area (Å²) < 4.78 is 22.9. The standard InChI is InChI=1S/C21H39N7O12.2C8H9N3O3/c1-5-21(36,4-30)16(40-17-9(26-2)13(34)10(31)6(3-29)38-17)18(37-5)39-15-8(28-20(24)25)11(32)7(27-19(22)23)12(33)14(15)35;2*12-7(13)5-10-11-8(14)6-1-3-9-4-2-6/h4-18,26,29,31-36H,3H2,1-2H3,(H4,22,23,27)(H4,24,25,28);2*1-4,10H,5H2,(H,11,14)(H,12,13)/t5-,6-,7+,8-,9-,10-,11+,12-,13-,14+,15+,16-,17-,18-,21+;;/m0../s1.